The molecule has 3 rings (SSSR count). The van der Waals surface area contributed by atoms with Crippen LogP contribution < -0.4 is 0 Å². The van der Waals surface area contributed by atoms with Crippen molar-refractivity contribution < 1.29 is 35.1 Å². The molecule has 0 aliphatic heterocycles. The molecular formula is C18H14O7. The lowest BCUT2D eigenvalue weighted by atomic mass is 9.71. The van der Waals surface area contributed by atoms with Gasteiger partial charge in [0.15, 0.2) is 11.5 Å². The number of carbonyl (C=O) groups is 2. The van der Waals surface area contributed by atoms with E-state index in [0.29, 0.717) is 11.1 Å². The van der Waals surface area contributed by atoms with Crippen LogP contribution in [-0.2, 0) is 9.59 Å². The summed E-state index contributed by atoms with van der Waals surface area (Å²) in [4.78, 5) is 23.4. The minimum absolute atomic E-state index is 0.0192. The number of aromatic hydroxyl groups is 3. The van der Waals surface area contributed by atoms with Gasteiger partial charge in [0.2, 0.25) is 0 Å². The summed E-state index contributed by atoms with van der Waals surface area (Å²) in [6.45, 7) is 0. The third-order valence-electron chi connectivity index (χ3n) is 4.30. The summed E-state index contributed by atoms with van der Waals surface area (Å²) in [6.07, 6.45) is 1.07. The van der Waals surface area contributed by atoms with Gasteiger partial charge in [-0.25, -0.2) is 4.79 Å². The lowest BCUT2D eigenvalue weighted by molar-refractivity contribution is -0.144. The maximum absolute atomic E-state index is 11.8. The number of carboxylic acids is 2. The van der Waals surface area contributed by atoms with E-state index in [-0.39, 0.29) is 11.3 Å². The normalized spacial score (nSPS) is 19.0. The minimum Gasteiger partial charge on any atom is -0.508 e. The highest BCUT2D eigenvalue weighted by Crippen LogP contribution is 2.47. The average molecular weight is 342 g/mol. The summed E-state index contributed by atoms with van der Waals surface area (Å²) in [5, 5.41) is 48.3. The Balaban J connectivity index is 2.32. The molecule has 0 radical (unpaired) electrons. The summed E-state index contributed by atoms with van der Waals surface area (Å²) in [7, 11) is 0. The topological polar surface area (TPSA) is 135 Å². The minimum atomic E-state index is -1.43. The van der Waals surface area contributed by atoms with Crippen LogP contribution in [0.4, 0.5) is 0 Å². The quantitative estimate of drug-likeness (QED) is 0.539. The molecule has 0 amide bonds. The Morgan fingerprint density at radius 3 is 2.08 bits per heavy atom. The van der Waals surface area contributed by atoms with Crippen LogP contribution in [0.15, 0.2) is 42.0 Å². The number of hydrogen-bond acceptors (Lipinski definition) is 5. The Labute approximate surface area is 141 Å². The van der Waals surface area contributed by atoms with Gasteiger partial charge in [0.05, 0.1) is 11.5 Å². The van der Waals surface area contributed by atoms with Crippen LogP contribution >= 0.6 is 0 Å². The van der Waals surface area contributed by atoms with Crippen LogP contribution in [0.2, 0.25) is 0 Å². The fourth-order valence-corrected chi connectivity index (χ4v) is 3.16. The second-order valence-electron chi connectivity index (χ2n) is 5.73. The SMILES string of the molecule is O=C(O)C1=Cc2c(ccc(O)c2O)[C@@H](c2ccc(O)cc2)[C@@H]1C(=O)O. The molecule has 5 N–H and O–H groups in total. The largest absolute Gasteiger partial charge is 0.508 e. The van der Waals surface area contributed by atoms with Gasteiger partial charge in [-0.1, -0.05) is 18.2 Å². The van der Waals surface area contributed by atoms with Crippen molar-refractivity contribution in [2.45, 2.75) is 5.92 Å². The maximum atomic E-state index is 11.8. The van der Waals surface area contributed by atoms with Gasteiger partial charge in [0.1, 0.15) is 5.75 Å². The zero-order valence-corrected chi connectivity index (χ0v) is 12.7. The second kappa shape index (κ2) is 5.86. The van der Waals surface area contributed by atoms with E-state index in [1.54, 1.807) is 0 Å². The lowest BCUT2D eigenvalue weighted by Crippen LogP contribution is -2.31. The molecule has 2 aromatic rings. The highest BCUT2D eigenvalue weighted by Gasteiger charge is 2.41. The van der Waals surface area contributed by atoms with Crippen molar-refractivity contribution in [2.24, 2.45) is 5.92 Å². The first kappa shape index (κ1) is 16.4. The number of rotatable bonds is 3. The van der Waals surface area contributed by atoms with Gasteiger partial charge in [-0.3, -0.25) is 4.79 Å². The molecular weight excluding hydrogens is 328 g/mol. The zero-order valence-electron chi connectivity index (χ0n) is 12.7. The fourth-order valence-electron chi connectivity index (χ4n) is 3.16. The van der Waals surface area contributed by atoms with Crippen molar-refractivity contribution in [1.82, 2.24) is 0 Å². The molecule has 1 aliphatic rings. The molecule has 128 valence electrons. The smallest absolute Gasteiger partial charge is 0.332 e. The van der Waals surface area contributed by atoms with Crippen molar-refractivity contribution in [2.75, 3.05) is 0 Å². The number of fused-ring (bicyclic) bond motifs is 1. The van der Waals surface area contributed by atoms with E-state index in [4.69, 9.17) is 0 Å². The Kier molecular flexibility index (Phi) is 3.84. The Bertz CT molecular complexity index is 896. The number of phenolic OH excluding ortho intramolecular Hbond substituents is 3. The van der Waals surface area contributed by atoms with E-state index < -0.39 is 40.8 Å². The van der Waals surface area contributed by atoms with Crippen molar-refractivity contribution in [3.63, 3.8) is 0 Å². The summed E-state index contributed by atoms with van der Waals surface area (Å²) in [6, 6.07) is 8.40. The van der Waals surface area contributed by atoms with E-state index in [9.17, 15) is 35.1 Å². The number of aliphatic carboxylic acids is 2. The second-order valence-corrected chi connectivity index (χ2v) is 5.73. The van der Waals surface area contributed by atoms with E-state index in [0.717, 1.165) is 6.08 Å². The monoisotopic (exact) mass is 342 g/mol. The van der Waals surface area contributed by atoms with Crippen LogP contribution in [-0.4, -0.2) is 37.5 Å². The molecule has 1 aliphatic carbocycles. The van der Waals surface area contributed by atoms with Gasteiger partial charge in [0.25, 0.3) is 0 Å². The third kappa shape index (κ3) is 2.65. The van der Waals surface area contributed by atoms with Crippen LogP contribution in [0.1, 0.15) is 22.6 Å². The van der Waals surface area contributed by atoms with Crippen molar-refractivity contribution in [1.29, 1.82) is 0 Å². The average Bonchev–Trinajstić information content (AvgIpc) is 2.57. The van der Waals surface area contributed by atoms with Crippen LogP contribution in [0.25, 0.3) is 6.08 Å². The molecule has 0 fully saturated rings. The van der Waals surface area contributed by atoms with Crippen molar-refractivity contribution >= 4 is 18.0 Å². The van der Waals surface area contributed by atoms with Gasteiger partial charge in [0, 0.05) is 11.5 Å². The molecule has 0 heterocycles. The maximum Gasteiger partial charge on any atom is 0.332 e. The first-order valence-corrected chi connectivity index (χ1v) is 7.32. The molecule has 0 saturated heterocycles. The molecule has 0 bridgehead atoms. The fraction of sp³-hybridized carbons (Fsp3) is 0.111. The van der Waals surface area contributed by atoms with Crippen molar-refractivity contribution in [3.8, 4) is 17.2 Å². The summed E-state index contributed by atoms with van der Waals surface area (Å²) < 4.78 is 0. The van der Waals surface area contributed by atoms with Crippen LogP contribution in [0.5, 0.6) is 17.2 Å². The Morgan fingerprint density at radius 1 is 0.880 bits per heavy atom. The third-order valence-corrected chi connectivity index (χ3v) is 4.30. The van der Waals surface area contributed by atoms with Crippen LogP contribution in [0.3, 0.4) is 0 Å². The number of hydrogen-bond donors (Lipinski definition) is 5. The predicted molar refractivity (Wildman–Crippen MR) is 86.5 cm³/mol. The Morgan fingerprint density at radius 2 is 1.52 bits per heavy atom. The molecule has 7 nitrogen and oxygen atoms in total. The molecule has 0 aromatic heterocycles. The van der Waals surface area contributed by atoms with Gasteiger partial charge in [-0.15, -0.1) is 0 Å². The van der Waals surface area contributed by atoms with Crippen molar-refractivity contribution in [3.05, 3.63) is 58.7 Å². The molecule has 2 atom stereocenters. The molecule has 0 spiro atoms. The predicted octanol–water partition coefficient (Wildman–Crippen LogP) is 2.12. The van der Waals surface area contributed by atoms with Gasteiger partial charge in [-0.2, -0.15) is 0 Å². The first-order chi connectivity index (χ1) is 11.8. The van der Waals surface area contributed by atoms with Gasteiger partial charge >= 0.3 is 11.9 Å². The lowest BCUT2D eigenvalue weighted by Gasteiger charge is -2.31. The highest BCUT2D eigenvalue weighted by atomic mass is 16.4. The molecule has 0 saturated carbocycles. The first-order valence-electron chi connectivity index (χ1n) is 7.32. The summed E-state index contributed by atoms with van der Waals surface area (Å²) in [5.74, 6) is -6.01. The van der Waals surface area contributed by atoms with E-state index in [1.165, 1.54) is 36.4 Å². The number of benzene rings is 2. The van der Waals surface area contributed by atoms with Gasteiger partial charge < -0.3 is 25.5 Å². The molecule has 25 heavy (non-hydrogen) atoms. The zero-order chi connectivity index (χ0) is 18.3. The molecule has 0 unspecified atom stereocenters. The van der Waals surface area contributed by atoms with Gasteiger partial charge in [-0.05, 0) is 35.4 Å². The molecule has 2 aromatic carbocycles. The highest BCUT2D eigenvalue weighted by molar-refractivity contribution is 6.01. The molecule has 7 heteroatoms. The van der Waals surface area contributed by atoms with E-state index in [2.05, 4.69) is 0 Å². The van der Waals surface area contributed by atoms with E-state index >= 15 is 0 Å². The standard InChI is InChI=1S/C18H14O7/c19-9-3-1-8(2-4-9)14-10-5-6-13(20)16(21)11(10)7-12(17(22)23)15(14)18(24)25/h1-7,14-15,19-21H,(H,22,23)(H,24,25)/t14-,15-/m1/s1. The number of carboxylic acid groups (broad SMARTS) is 2. The van der Waals surface area contributed by atoms with E-state index in [1.807, 2.05) is 0 Å². The number of phenols is 3. The summed E-state index contributed by atoms with van der Waals surface area (Å²) in [5.41, 5.74) is 0.494. The van der Waals surface area contributed by atoms with Crippen LogP contribution in [0, 0.1) is 5.92 Å². The summed E-state index contributed by atoms with van der Waals surface area (Å²) >= 11 is 0. The Hall–Kier alpha value is -3.48.